The molecule has 0 aliphatic rings. The Hall–Kier alpha value is -2.49. The summed E-state index contributed by atoms with van der Waals surface area (Å²) in [6.45, 7) is 2.95. The molecule has 0 unspecified atom stereocenters. The molecule has 0 bridgehead atoms. The predicted molar refractivity (Wildman–Crippen MR) is 80.2 cm³/mol. The van der Waals surface area contributed by atoms with Crippen molar-refractivity contribution < 1.29 is 19.4 Å². The van der Waals surface area contributed by atoms with Crippen LogP contribution in [0.2, 0.25) is 0 Å². The molecular formula is C17H18O4. The molecule has 0 radical (unpaired) electrons. The molecule has 1 N–H and O–H groups in total. The van der Waals surface area contributed by atoms with Gasteiger partial charge in [-0.25, -0.2) is 4.79 Å². The van der Waals surface area contributed by atoms with Crippen molar-refractivity contribution in [2.45, 2.75) is 13.3 Å². The lowest BCUT2D eigenvalue weighted by Crippen LogP contribution is -2.07. The van der Waals surface area contributed by atoms with E-state index in [4.69, 9.17) is 14.6 Å². The predicted octanol–water partition coefficient (Wildman–Crippen LogP) is 3.54. The Balaban J connectivity index is 1.76. The van der Waals surface area contributed by atoms with Crippen molar-refractivity contribution in [2.75, 3.05) is 13.2 Å². The molecule has 2 aromatic rings. The Bertz CT molecular complexity index is 607. The number of aromatic carboxylic acids is 1. The summed E-state index contributed by atoms with van der Waals surface area (Å²) in [6, 6.07) is 14.5. The molecular weight excluding hydrogens is 268 g/mol. The van der Waals surface area contributed by atoms with Crippen molar-refractivity contribution in [1.29, 1.82) is 0 Å². The normalized spacial score (nSPS) is 10.1. The molecule has 0 saturated carbocycles. The zero-order chi connectivity index (χ0) is 15.1. The molecule has 0 amide bonds. The van der Waals surface area contributed by atoms with Gasteiger partial charge in [-0.3, -0.25) is 0 Å². The molecule has 4 nitrogen and oxygen atoms in total. The summed E-state index contributed by atoms with van der Waals surface area (Å²) in [5.74, 6) is 0.239. The molecule has 0 atom stereocenters. The Labute approximate surface area is 123 Å². The van der Waals surface area contributed by atoms with E-state index < -0.39 is 5.97 Å². The zero-order valence-corrected chi connectivity index (χ0v) is 11.9. The van der Waals surface area contributed by atoms with Crippen LogP contribution in [0.1, 0.15) is 22.3 Å². The van der Waals surface area contributed by atoms with Gasteiger partial charge in [-0.2, -0.15) is 0 Å². The van der Waals surface area contributed by atoms with Gasteiger partial charge in [-0.1, -0.05) is 24.3 Å². The third-order valence-electron chi connectivity index (χ3n) is 2.92. The van der Waals surface area contributed by atoms with Gasteiger partial charge in [0, 0.05) is 6.42 Å². The summed E-state index contributed by atoms with van der Waals surface area (Å²) >= 11 is 0. The van der Waals surface area contributed by atoms with E-state index in [1.54, 1.807) is 18.2 Å². The van der Waals surface area contributed by atoms with Gasteiger partial charge in [0.25, 0.3) is 0 Å². The first-order chi connectivity index (χ1) is 10.2. The molecule has 0 aliphatic heterocycles. The highest BCUT2D eigenvalue weighted by Gasteiger charge is 2.09. The molecule has 21 heavy (non-hydrogen) atoms. The highest BCUT2D eigenvalue weighted by molar-refractivity contribution is 5.90. The van der Waals surface area contributed by atoms with Crippen LogP contribution < -0.4 is 9.47 Å². The zero-order valence-electron chi connectivity index (χ0n) is 11.9. The minimum Gasteiger partial charge on any atom is -0.493 e. The number of rotatable bonds is 7. The highest BCUT2D eigenvalue weighted by Crippen LogP contribution is 2.18. The number of hydrogen-bond acceptors (Lipinski definition) is 3. The average Bonchev–Trinajstić information content (AvgIpc) is 2.47. The van der Waals surface area contributed by atoms with Crippen molar-refractivity contribution in [2.24, 2.45) is 0 Å². The van der Waals surface area contributed by atoms with Crippen LogP contribution in [0.4, 0.5) is 0 Å². The van der Waals surface area contributed by atoms with Crippen LogP contribution in [0.5, 0.6) is 11.5 Å². The lowest BCUT2D eigenvalue weighted by molar-refractivity contribution is 0.0692. The molecule has 0 saturated heterocycles. The maximum Gasteiger partial charge on any atom is 0.339 e. The molecule has 2 rings (SSSR count). The lowest BCUT2D eigenvalue weighted by atomic mass is 10.2. The van der Waals surface area contributed by atoms with Crippen LogP contribution in [0.3, 0.4) is 0 Å². The number of para-hydroxylation sites is 1. The van der Waals surface area contributed by atoms with Crippen LogP contribution in [0.15, 0.2) is 48.5 Å². The van der Waals surface area contributed by atoms with E-state index in [0.717, 1.165) is 11.3 Å². The SMILES string of the molecule is Cc1cccc(OCCCOc2ccccc2C(=O)O)c1. The molecule has 0 heterocycles. The second-order valence-electron chi connectivity index (χ2n) is 4.67. The molecule has 0 spiro atoms. The van der Waals surface area contributed by atoms with Crippen molar-refractivity contribution in [3.63, 3.8) is 0 Å². The Morgan fingerprint density at radius 1 is 1.05 bits per heavy atom. The minimum atomic E-state index is -0.985. The molecule has 0 aromatic heterocycles. The first-order valence-corrected chi connectivity index (χ1v) is 6.81. The van der Waals surface area contributed by atoms with Gasteiger partial charge in [-0.05, 0) is 36.8 Å². The van der Waals surface area contributed by atoms with Gasteiger partial charge < -0.3 is 14.6 Å². The molecule has 110 valence electrons. The highest BCUT2D eigenvalue weighted by atomic mass is 16.5. The Kier molecular flexibility index (Phi) is 5.21. The fourth-order valence-electron chi connectivity index (χ4n) is 1.91. The Morgan fingerprint density at radius 2 is 1.81 bits per heavy atom. The molecule has 0 fully saturated rings. The molecule has 2 aromatic carbocycles. The fraction of sp³-hybridized carbons (Fsp3) is 0.235. The van der Waals surface area contributed by atoms with E-state index in [0.29, 0.717) is 25.4 Å². The number of carboxylic acid groups (broad SMARTS) is 1. The first-order valence-electron chi connectivity index (χ1n) is 6.81. The third kappa shape index (κ3) is 4.53. The van der Waals surface area contributed by atoms with Gasteiger partial charge in [-0.15, -0.1) is 0 Å². The van der Waals surface area contributed by atoms with E-state index >= 15 is 0 Å². The van der Waals surface area contributed by atoms with Crippen molar-refractivity contribution in [3.8, 4) is 11.5 Å². The third-order valence-corrected chi connectivity index (χ3v) is 2.92. The summed E-state index contributed by atoms with van der Waals surface area (Å²) in [7, 11) is 0. The second-order valence-corrected chi connectivity index (χ2v) is 4.67. The number of hydrogen-bond donors (Lipinski definition) is 1. The van der Waals surface area contributed by atoms with Gasteiger partial charge in [0.1, 0.15) is 17.1 Å². The number of carboxylic acids is 1. The maximum absolute atomic E-state index is 11.0. The van der Waals surface area contributed by atoms with Crippen LogP contribution in [-0.4, -0.2) is 24.3 Å². The summed E-state index contributed by atoms with van der Waals surface area (Å²) in [6.07, 6.45) is 0.682. The van der Waals surface area contributed by atoms with Crippen LogP contribution >= 0.6 is 0 Å². The summed E-state index contributed by atoms with van der Waals surface area (Å²) < 4.78 is 11.1. The van der Waals surface area contributed by atoms with E-state index in [1.807, 2.05) is 31.2 Å². The van der Waals surface area contributed by atoms with E-state index in [-0.39, 0.29) is 5.56 Å². The number of ether oxygens (including phenoxy) is 2. The smallest absolute Gasteiger partial charge is 0.339 e. The fourth-order valence-corrected chi connectivity index (χ4v) is 1.91. The van der Waals surface area contributed by atoms with E-state index in [2.05, 4.69) is 0 Å². The monoisotopic (exact) mass is 286 g/mol. The van der Waals surface area contributed by atoms with Crippen molar-refractivity contribution in [3.05, 3.63) is 59.7 Å². The maximum atomic E-state index is 11.0. The topological polar surface area (TPSA) is 55.8 Å². The summed E-state index contributed by atoms with van der Waals surface area (Å²) in [4.78, 5) is 11.0. The van der Waals surface area contributed by atoms with E-state index in [1.165, 1.54) is 6.07 Å². The van der Waals surface area contributed by atoms with Gasteiger partial charge >= 0.3 is 5.97 Å². The van der Waals surface area contributed by atoms with Crippen LogP contribution in [-0.2, 0) is 0 Å². The van der Waals surface area contributed by atoms with E-state index in [9.17, 15) is 4.79 Å². The average molecular weight is 286 g/mol. The standard InChI is InChI=1S/C17H18O4/c1-13-6-4-7-14(12-13)20-10-5-11-21-16-9-3-2-8-15(16)17(18)19/h2-4,6-9,12H,5,10-11H2,1H3,(H,18,19). The van der Waals surface area contributed by atoms with Crippen LogP contribution in [0, 0.1) is 6.92 Å². The van der Waals surface area contributed by atoms with Gasteiger partial charge in [0.15, 0.2) is 0 Å². The number of aryl methyl sites for hydroxylation is 1. The Morgan fingerprint density at radius 3 is 2.57 bits per heavy atom. The second kappa shape index (κ2) is 7.33. The largest absolute Gasteiger partial charge is 0.493 e. The van der Waals surface area contributed by atoms with Crippen molar-refractivity contribution >= 4 is 5.97 Å². The van der Waals surface area contributed by atoms with Gasteiger partial charge in [0.05, 0.1) is 13.2 Å². The minimum absolute atomic E-state index is 0.178. The summed E-state index contributed by atoms with van der Waals surface area (Å²) in [5, 5.41) is 9.04. The molecule has 0 aliphatic carbocycles. The van der Waals surface area contributed by atoms with Crippen LogP contribution in [0.25, 0.3) is 0 Å². The lowest BCUT2D eigenvalue weighted by Gasteiger charge is -2.10. The summed E-state index contributed by atoms with van der Waals surface area (Å²) in [5.41, 5.74) is 1.33. The van der Waals surface area contributed by atoms with Gasteiger partial charge in [0.2, 0.25) is 0 Å². The quantitative estimate of drug-likeness (QED) is 0.791. The van der Waals surface area contributed by atoms with Crippen molar-refractivity contribution in [1.82, 2.24) is 0 Å². The number of benzene rings is 2. The first kappa shape index (κ1) is 14.9. The molecule has 4 heteroatoms. The number of carbonyl (C=O) groups is 1.